The Bertz CT molecular complexity index is 529. The molecule has 0 aliphatic rings. The van der Waals surface area contributed by atoms with Gasteiger partial charge in [-0.25, -0.2) is 13.8 Å². The Morgan fingerprint density at radius 2 is 1.94 bits per heavy atom. The number of imidazole rings is 1. The zero-order valence-corrected chi connectivity index (χ0v) is 11.5. The van der Waals surface area contributed by atoms with Crippen molar-refractivity contribution in [3.63, 3.8) is 0 Å². The van der Waals surface area contributed by atoms with Gasteiger partial charge in [-0.15, -0.1) is 0 Å². The predicted octanol–water partition coefficient (Wildman–Crippen LogP) is 4.00. The molecule has 0 aliphatic heterocycles. The lowest BCUT2D eigenvalue weighted by molar-refractivity contribution is 0.563. The fourth-order valence-electron chi connectivity index (χ4n) is 1.87. The van der Waals surface area contributed by atoms with Crippen LogP contribution in [0.15, 0.2) is 24.5 Å². The molecule has 2 aromatic rings. The number of aromatic nitrogens is 2. The van der Waals surface area contributed by atoms with E-state index in [0.29, 0.717) is 23.1 Å². The third kappa shape index (κ3) is 2.46. The van der Waals surface area contributed by atoms with Crippen LogP contribution in [0.4, 0.5) is 8.78 Å². The summed E-state index contributed by atoms with van der Waals surface area (Å²) < 4.78 is 29.4. The molecular weight excluding hydrogens is 302 g/mol. The molecule has 0 fully saturated rings. The van der Waals surface area contributed by atoms with Crippen LogP contribution >= 0.6 is 15.9 Å². The highest BCUT2D eigenvalue weighted by molar-refractivity contribution is 9.08. The predicted molar refractivity (Wildman–Crippen MR) is 70.1 cm³/mol. The molecule has 96 valence electrons. The van der Waals surface area contributed by atoms with E-state index in [2.05, 4.69) is 20.9 Å². The molecule has 2 rings (SSSR count). The summed E-state index contributed by atoms with van der Waals surface area (Å²) in [6.45, 7) is 2.00. The smallest absolute Gasteiger partial charge is 0.150 e. The van der Waals surface area contributed by atoms with Gasteiger partial charge in [0.15, 0.2) is 11.6 Å². The van der Waals surface area contributed by atoms with Crippen molar-refractivity contribution in [2.75, 3.05) is 0 Å². The Morgan fingerprint density at radius 3 is 2.50 bits per heavy atom. The quantitative estimate of drug-likeness (QED) is 0.780. The number of hydrogen-bond acceptors (Lipinski definition) is 1. The number of benzene rings is 1. The van der Waals surface area contributed by atoms with Gasteiger partial charge >= 0.3 is 0 Å². The van der Waals surface area contributed by atoms with E-state index in [1.807, 2.05) is 6.92 Å². The van der Waals surface area contributed by atoms with E-state index in [-0.39, 0.29) is 5.69 Å². The van der Waals surface area contributed by atoms with Crippen molar-refractivity contribution < 1.29 is 8.78 Å². The van der Waals surface area contributed by atoms with Gasteiger partial charge < -0.3 is 0 Å². The van der Waals surface area contributed by atoms with Crippen LogP contribution in [0, 0.1) is 11.6 Å². The molecule has 0 saturated carbocycles. The van der Waals surface area contributed by atoms with Gasteiger partial charge in [0.2, 0.25) is 0 Å². The minimum absolute atomic E-state index is 0.0550. The van der Waals surface area contributed by atoms with Crippen LogP contribution < -0.4 is 0 Å². The molecule has 1 aromatic carbocycles. The molecule has 2 nitrogen and oxygen atoms in total. The van der Waals surface area contributed by atoms with E-state index in [9.17, 15) is 8.78 Å². The second-order valence-electron chi connectivity index (χ2n) is 4.01. The van der Waals surface area contributed by atoms with Crippen molar-refractivity contribution >= 4 is 15.9 Å². The van der Waals surface area contributed by atoms with Crippen molar-refractivity contribution in [3.8, 4) is 5.69 Å². The van der Waals surface area contributed by atoms with E-state index in [1.54, 1.807) is 12.4 Å². The van der Waals surface area contributed by atoms with E-state index < -0.39 is 11.6 Å². The Kier molecular flexibility index (Phi) is 4.11. The van der Waals surface area contributed by atoms with Crippen molar-refractivity contribution in [2.45, 2.75) is 25.1 Å². The van der Waals surface area contributed by atoms with Gasteiger partial charge in [-0.3, -0.25) is 4.57 Å². The van der Waals surface area contributed by atoms with Crippen LogP contribution in [0.25, 0.3) is 5.69 Å². The molecule has 0 N–H and O–H groups in total. The molecule has 0 saturated heterocycles. The summed E-state index contributed by atoms with van der Waals surface area (Å²) in [6.07, 6.45) is 4.70. The van der Waals surface area contributed by atoms with E-state index in [0.717, 1.165) is 6.42 Å². The summed E-state index contributed by atoms with van der Waals surface area (Å²) in [5.74, 6) is -0.471. The van der Waals surface area contributed by atoms with Gasteiger partial charge in [-0.1, -0.05) is 22.9 Å². The third-order valence-electron chi connectivity index (χ3n) is 2.66. The van der Waals surface area contributed by atoms with Crippen molar-refractivity contribution in [3.05, 3.63) is 47.5 Å². The van der Waals surface area contributed by atoms with Gasteiger partial charge in [0, 0.05) is 24.1 Å². The van der Waals surface area contributed by atoms with Crippen molar-refractivity contribution in [1.29, 1.82) is 0 Å². The van der Waals surface area contributed by atoms with Crippen LogP contribution in [0.3, 0.4) is 0 Å². The number of nitrogens with zero attached hydrogens (tertiary/aromatic N) is 2. The Labute approximate surface area is 113 Å². The molecule has 0 spiro atoms. The Morgan fingerprint density at radius 1 is 1.28 bits per heavy atom. The summed E-state index contributed by atoms with van der Waals surface area (Å²) in [7, 11) is 0. The standard InChI is InChI=1S/C13H13BrF2N2/c1-2-3-12-17-4-5-18(12)13-10(15)6-9(8-14)7-11(13)16/h4-7H,2-3,8H2,1H3. The first-order valence-corrected chi connectivity index (χ1v) is 6.86. The van der Waals surface area contributed by atoms with Crippen molar-refractivity contribution in [2.24, 2.45) is 0 Å². The minimum atomic E-state index is -0.570. The maximum absolute atomic E-state index is 14.0. The molecule has 0 unspecified atom stereocenters. The molecular formula is C13H13BrF2N2. The van der Waals surface area contributed by atoms with Gasteiger partial charge in [0.1, 0.15) is 11.5 Å². The number of alkyl halides is 1. The van der Waals surface area contributed by atoms with Crippen LogP contribution in [0.2, 0.25) is 0 Å². The fraction of sp³-hybridized carbons (Fsp3) is 0.308. The van der Waals surface area contributed by atoms with Gasteiger partial charge in [-0.2, -0.15) is 0 Å². The summed E-state index contributed by atoms with van der Waals surface area (Å²) in [6, 6.07) is 2.67. The van der Waals surface area contributed by atoms with E-state index in [1.165, 1.54) is 16.7 Å². The summed E-state index contributed by atoms with van der Waals surface area (Å²) in [5.41, 5.74) is 0.520. The first kappa shape index (κ1) is 13.2. The summed E-state index contributed by atoms with van der Waals surface area (Å²) >= 11 is 3.19. The van der Waals surface area contributed by atoms with Crippen molar-refractivity contribution in [1.82, 2.24) is 9.55 Å². The second kappa shape index (κ2) is 5.61. The van der Waals surface area contributed by atoms with Gasteiger partial charge in [0.05, 0.1) is 0 Å². The SMILES string of the molecule is CCCc1nccn1-c1c(F)cc(CBr)cc1F. The lowest BCUT2D eigenvalue weighted by Gasteiger charge is -2.10. The topological polar surface area (TPSA) is 17.8 Å². The van der Waals surface area contributed by atoms with E-state index in [4.69, 9.17) is 0 Å². The molecule has 0 aliphatic carbocycles. The second-order valence-corrected chi connectivity index (χ2v) is 4.57. The molecule has 0 amide bonds. The summed E-state index contributed by atoms with van der Waals surface area (Å²) in [4.78, 5) is 4.13. The molecule has 0 radical (unpaired) electrons. The normalized spacial score (nSPS) is 10.9. The molecule has 0 atom stereocenters. The molecule has 1 heterocycles. The first-order chi connectivity index (χ1) is 8.67. The average molecular weight is 315 g/mol. The maximum atomic E-state index is 14.0. The zero-order valence-electron chi connectivity index (χ0n) is 9.96. The van der Waals surface area contributed by atoms with Crippen LogP contribution in [-0.4, -0.2) is 9.55 Å². The zero-order chi connectivity index (χ0) is 13.1. The minimum Gasteiger partial charge on any atom is -0.298 e. The number of halogens is 3. The van der Waals surface area contributed by atoms with Gasteiger partial charge in [-0.05, 0) is 24.1 Å². The van der Waals surface area contributed by atoms with Gasteiger partial charge in [0.25, 0.3) is 0 Å². The van der Waals surface area contributed by atoms with Crippen LogP contribution in [0.5, 0.6) is 0 Å². The summed E-state index contributed by atoms with van der Waals surface area (Å²) in [5, 5.41) is 0.423. The van der Waals surface area contributed by atoms with E-state index >= 15 is 0 Å². The molecule has 1 aromatic heterocycles. The maximum Gasteiger partial charge on any atom is 0.150 e. The monoisotopic (exact) mass is 314 g/mol. The number of hydrogen-bond donors (Lipinski definition) is 0. The first-order valence-electron chi connectivity index (χ1n) is 5.73. The number of aryl methyl sites for hydroxylation is 1. The van der Waals surface area contributed by atoms with Crippen LogP contribution in [0.1, 0.15) is 24.7 Å². The molecule has 18 heavy (non-hydrogen) atoms. The third-order valence-corrected chi connectivity index (χ3v) is 3.31. The average Bonchev–Trinajstić information content (AvgIpc) is 2.77. The molecule has 5 heteroatoms. The fourth-order valence-corrected chi connectivity index (χ4v) is 2.20. The Balaban J connectivity index is 2.53. The highest BCUT2D eigenvalue weighted by Crippen LogP contribution is 2.22. The highest BCUT2D eigenvalue weighted by atomic mass is 79.9. The lowest BCUT2D eigenvalue weighted by Crippen LogP contribution is -2.06. The number of rotatable bonds is 4. The highest BCUT2D eigenvalue weighted by Gasteiger charge is 2.15. The lowest BCUT2D eigenvalue weighted by atomic mass is 10.2. The Hall–Kier alpha value is -1.23. The molecule has 0 bridgehead atoms. The van der Waals surface area contributed by atoms with Crippen LogP contribution in [-0.2, 0) is 11.8 Å². The largest absolute Gasteiger partial charge is 0.298 e.